The largest absolute Gasteiger partial charge is 0.465 e. The second-order valence-electron chi connectivity index (χ2n) is 4.79. The zero-order chi connectivity index (χ0) is 13.9. The van der Waals surface area contributed by atoms with Gasteiger partial charge in [-0.25, -0.2) is 4.79 Å². The average molecular weight is 252 g/mol. The molecule has 1 rings (SSSR count). The number of hydrogen-bond acceptors (Lipinski definition) is 5. The number of rotatable bonds is 4. The summed E-state index contributed by atoms with van der Waals surface area (Å²) >= 11 is 0. The Morgan fingerprint density at radius 1 is 1.50 bits per heavy atom. The zero-order valence-electron chi connectivity index (χ0n) is 11.2. The lowest BCUT2D eigenvalue weighted by Gasteiger charge is -2.36. The molecule has 0 unspecified atom stereocenters. The molecule has 5 heteroatoms. The van der Waals surface area contributed by atoms with Crippen LogP contribution in [-0.4, -0.2) is 37.4 Å². The lowest BCUT2D eigenvalue weighted by atomic mass is 10.0. The second kappa shape index (κ2) is 5.27. The molecule has 0 saturated carbocycles. The highest BCUT2D eigenvalue weighted by Gasteiger charge is 2.24. The van der Waals surface area contributed by atoms with Gasteiger partial charge in [0.15, 0.2) is 0 Å². The Morgan fingerprint density at radius 3 is 2.61 bits per heavy atom. The Labute approximate surface area is 107 Å². The monoisotopic (exact) mass is 252 g/mol. The summed E-state index contributed by atoms with van der Waals surface area (Å²) in [7, 11) is 3.17. The first-order valence-corrected chi connectivity index (χ1v) is 5.66. The molecule has 0 spiro atoms. The third-order valence-corrected chi connectivity index (χ3v) is 3.12. The zero-order valence-corrected chi connectivity index (χ0v) is 11.2. The minimum Gasteiger partial charge on any atom is -0.465 e. The molecular weight excluding hydrogens is 232 g/mol. The first-order chi connectivity index (χ1) is 8.33. The Hall–Kier alpha value is -1.75. The number of carbonyl (C=O) groups is 1. The fourth-order valence-electron chi connectivity index (χ4n) is 1.50. The molecule has 0 bridgehead atoms. The van der Waals surface area contributed by atoms with E-state index in [0.29, 0.717) is 11.3 Å². The van der Waals surface area contributed by atoms with E-state index in [-0.39, 0.29) is 6.61 Å². The summed E-state index contributed by atoms with van der Waals surface area (Å²) in [6.07, 6.45) is 0. The molecule has 0 saturated heterocycles. The molecule has 0 aliphatic rings. The maximum Gasteiger partial charge on any atom is 0.340 e. The van der Waals surface area contributed by atoms with Gasteiger partial charge in [-0.15, -0.1) is 0 Å². The summed E-state index contributed by atoms with van der Waals surface area (Å²) < 4.78 is 4.68. The van der Waals surface area contributed by atoms with Crippen LogP contribution in [0.2, 0.25) is 0 Å². The molecule has 3 N–H and O–H groups in total. The van der Waals surface area contributed by atoms with Crippen molar-refractivity contribution >= 4 is 17.3 Å². The van der Waals surface area contributed by atoms with Gasteiger partial charge in [0.25, 0.3) is 0 Å². The van der Waals surface area contributed by atoms with Crippen LogP contribution < -0.4 is 10.6 Å². The van der Waals surface area contributed by atoms with Crippen molar-refractivity contribution in [2.24, 2.45) is 0 Å². The van der Waals surface area contributed by atoms with Crippen molar-refractivity contribution in [3.63, 3.8) is 0 Å². The lowest BCUT2D eigenvalue weighted by molar-refractivity contribution is 0.0602. The van der Waals surface area contributed by atoms with E-state index in [4.69, 9.17) is 5.73 Å². The number of benzene rings is 1. The number of likely N-dealkylation sites (N-methyl/N-ethyl adjacent to an activating group) is 1. The number of nitrogen functional groups attached to an aromatic ring is 1. The van der Waals surface area contributed by atoms with E-state index in [0.717, 1.165) is 5.69 Å². The van der Waals surface area contributed by atoms with E-state index in [1.807, 2.05) is 25.8 Å². The number of methoxy groups -OCH3 is 1. The lowest BCUT2D eigenvalue weighted by Crippen LogP contribution is -2.44. The minimum absolute atomic E-state index is 0.00142. The number of esters is 1. The number of anilines is 2. The number of hydrogen-bond donors (Lipinski definition) is 2. The van der Waals surface area contributed by atoms with Gasteiger partial charge < -0.3 is 20.5 Å². The highest BCUT2D eigenvalue weighted by Crippen LogP contribution is 2.26. The van der Waals surface area contributed by atoms with Crippen molar-refractivity contribution < 1.29 is 14.6 Å². The van der Waals surface area contributed by atoms with E-state index in [1.165, 1.54) is 7.11 Å². The van der Waals surface area contributed by atoms with E-state index in [2.05, 4.69) is 4.74 Å². The predicted molar refractivity (Wildman–Crippen MR) is 71.8 cm³/mol. The maximum atomic E-state index is 11.6. The number of aliphatic hydroxyl groups is 1. The fourth-order valence-corrected chi connectivity index (χ4v) is 1.50. The van der Waals surface area contributed by atoms with Gasteiger partial charge in [-0.3, -0.25) is 0 Å². The maximum absolute atomic E-state index is 11.6. The summed E-state index contributed by atoms with van der Waals surface area (Å²) in [6, 6.07) is 5.13. The van der Waals surface area contributed by atoms with Crippen LogP contribution in [0.4, 0.5) is 11.4 Å². The molecule has 1 aromatic rings. The minimum atomic E-state index is -0.468. The summed E-state index contributed by atoms with van der Waals surface area (Å²) in [5.74, 6) is -0.468. The quantitative estimate of drug-likeness (QED) is 0.623. The normalized spacial score (nSPS) is 11.2. The van der Waals surface area contributed by atoms with Crippen LogP contribution in [-0.2, 0) is 4.74 Å². The van der Waals surface area contributed by atoms with E-state index >= 15 is 0 Å². The van der Waals surface area contributed by atoms with Crippen molar-refractivity contribution in [2.75, 3.05) is 31.4 Å². The predicted octanol–water partition coefficient (Wildman–Crippen LogP) is 1.26. The molecule has 0 aliphatic carbocycles. The van der Waals surface area contributed by atoms with Gasteiger partial charge in [-0.05, 0) is 32.0 Å². The van der Waals surface area contributed by atoms with Crippen LogP contribution in [0.1, 0.15) is 24.2 Å². The summed E-state index contributed by atoms with van der Waals surface area (Å²) in [4.78, 5) is 13.4. The SMILES string of the molecule is COC(=O)c1cc(N(C)C(C)(C)CO)ccc1N. The van der Waals surface area contributed by atoms with Crippen molar-refractivity contribution in [1.29, 1.82) is 0 Å². The van der Waals surface area contributed by atoms with Crippen molar-refractivity contribution in [2.45, 2.75) is 19.4 Å². The molecular formula is C13H20N2O3. The molecule has 18 heavy (non-hydrogen) atoms. The number of nitrogens with zero attached hydrogens (tertiary/aromatic N) is 1. The third kappa shape index (κ3) is 2.73. The highest BCUT2D eigenvalue weighted by atomic mass is 16.5. The van der Waals surface area contributed by atoms with Gasteiger partial charge in [0.2, 0.25) is 0 Å². The number of carbonyl (C=O) groups excluding carboxylic acids is 1. The topological polar surface area (TPSA) is 75.8 Å². The molecule has 0 fully saturated rings. The number of ether oxygens (including phenoxy) is 1. The van der Waals surface area contributed by atoms with Crippen molar-refractivity contribution in [3.05, 3.63) is 23.8 Å². The van der Waals surface area contributed by atoms with Gasteiger partial charge in [0.1, 0.15) is 0 Å². The number of aliphatic hydroxyl groups excluding tert-OH is 1. The summed E-state index contributed by atoms with van der Waals surface area (Å²) in [5, 5.41) is 9.35. The van der Waals surface area contributed by atoms with Gasteiger partial charge in [-0.2, -0.15) is 0 Å². The van der Waals surface area contributed by atoms with Gasteiger partial charge >= 0.3 is 5.97 Å². The summed E-state index contributed by atoms with van der Waals surface area (Å²) in [5.41, 5.74) is 6.81. The Morgan fingerprint density at radius 2 is 2.11 bits per heavy atom. The van der Waals surface area contributed by atoms with Crippen LogP contribution in [0, 0.1) is 0 Å². The first kappa shape index (κ1) is 14.3. The smallest absolute Gasteiger partial charge is 0.340 e. The van der Waals surface area contributed by atoms with E-state index in [9.17, 15) is 9.90 Å². The number of nitrogens with two attached hydrogens (primary N) is 1. The van der Waals surface area contributed by atoms with Crippen molar-refractivity contribution in [3.8, 4) is 0 Å². The van der Waals surface area contributed by atoms with Crippen LogP contribution in [0.15, 0.2) is 18.2 Å². The first-order valence-electron chi connectivity index (χ1n) is 5.66. The Bertz CT molecular complexity index is 444. The van der Waals surface area contributed by atoms with Crippen LogP contribution in [0.5, 0.6) is 0 Å². The summed E-state index contributed by atoms with van der Waals surface area (Å²) in [6.45, 7) is 3.81. The molecule has 0 heterocycles. The van der Waals surface area contributed by atoms with Gasteiger partial charge in [0, 0.05) is 18.4 Å². The van der Waals surface area contributed by atoms with E-state index < -0.39 is 11.5 Å². The fraction of sp³-hybridized carbons (Fsp3) is 0.462. The van der Waals surface area contributed by atoms with Crippen molar-refractivity contribution in [1.82, 2.24) is 0 Å². The second-order valence-corrected chi connectivity index (χ2v) is 4.79. The standard InChI is InChI=1S/C13H20N2O3/c1-13(2,8-16)15(3)9-5-6-11(14)10(7-9)12(17)18-4/h5-7,16H,8,14H2,1-4H3. The molecule has 0 radical (unpaired) electrons. The third-order valence-electron chi connectivity index (χ3n) is 3.12. The van der Waals surface area contributed by atoms with Crippen LogP contribution in [0.25, 0.3) is 0 Å². The molecule has 0 amide bonds. The molecule has 1 aromatic carbocycles. The molecule has 100 valence electrons. The molecule has 0 atom stereocenters. The highest BCUT2D eigenvalue weighted by molar-refractivity contribution is 5.96. The Kier molecular flexibility index (Phi) is 4.19. The van der Waals surface area contributed by atoms with Crippen LogP contribution >= 0.6 is 0 Å². The molecule has 0 aliphatic heterocycles. The molecule has 0 aromatic heterocycles. The van der Waals surface area contributed by atoms with E-state index in [1.54, 1.807) is 18.2 Å². The average Bonchev–Trinajstić information content (AvgIpc) is 2.37. The molecule has 5 nitrogen and oxygen atoms in total. The van der Waals surface area contributed by atoms with Gasteiger partial charge in [0.05, 0.1) is 24.8 Å². The Balaban J connectivity index is 3.16. The van der Waals surface area contributed by atoms with Gasteiger partial charge in [-0.1, -0.05) is 0 Å². The van der Waals surface area contributed by atoms with Crippen LogP contribution in [0.3, 0.4) is 0 Å².